The fourth-order valence-corrected chi connectivity index (χ4v) is 2.48. The van der Waals surface area contributed by atoms with E-state index in [9.17, 15) is 9.90 Å². The first kappa shape index (κ1) is 12.7. The number of hydrogen-bond acceptors (Lipinski definition) is 2. The molecule has 1 N–H and O–H groups in total. The highest BCUT2D eigenvalue weighted by molar-refractivity contribution is 5.85. The Hall–Kier alpha value is -2.33. The van der Waals surface area contributed by atoms with Gasteiger partial charge in [0, 0.05) is 19.4 Å². The number of aromatic nitrogens is 2. The van der Waals surface area contributed by atoms with Gasteiger partial charge in [0.05, 0.1) is 12.6 Å². The second-order valence-electron chi connectivity index (χ2n) is 4.93. The zero-order valence-corrected chi connectivity index (χ0v) is 11.2. The van der Waals surface area contributed by atoms with Gasteiger partial charge in [0.15, 0.2) is 0 Å². The third kappa shape index (κ3) is 2.14. The fourth-order valence-electron chi connectivity index (χ4n) is 2.48. The second-order valence-corrected chi connectivity index (χ2v) is 4.93. The number of aliphatic hydroxyl groups excluding tert-OH is 1. The van der Waals surface area contributed by atoms with Crippen LogP contribution < -0.4 is 5.69 Å². The number of rotatable bonds is 3. The maximum atomic E-state index is 11.8. The van der Waals surface area contributed by atoms with Gasteiger partial charge in [-0.25, -0.2) is 4.79 Å². The van der Waals surface area contributed by atoms with Crippen molar-refractivity contribution in [2.75, 3.05) is 0 Å². The van der Waals surface area contributed by atoms with Gasteiger partial charge in [0.2, 0.25) is 0 Å². The standard InChI is InChI=1S/C16H16N2O2/c1-17-9-10-18(16(17)20)11-15(19)14-8-4-6-12-5-2-3-7-13(12)14/h2-10,15,19H,11H2,1H3. The van der Waals surface area contributed by atoms with Crippen molar-refractivity contribution >= 4 is 10.8 Å². The topological polar surface area (TPSA) is 47.2 Å². The molecule has 0 aliphatic rings. The van der Waals surface area contributed by atoms with E-state index in [1.165, 1.54) is 9.13 Å². The Balaban J connectivity index is 1.99. The molecule has 3 rings (SSSR count). The highest BCUT2D eigenvalue weighted by Crippen LogP contribution is 2.24. The molecule has 4 nitrogen and oxygen atoms in total. The lowest BCUT2D eigenvalue weighted by Gasteiger charge is -2.14. The maximum absolute atomic E-state index is 11.8. The Labute approximate surface area is 116 Å². The van der Waals surface area contributed by atoms with Crippen molar-refractivity contribution in [3.63, 3.8) is 0 Å². The number of aryl methyl sites for hydroxylation is 1. The minimum Gasteiger partial charge on any atom is -0.387 e. The van der Waals surface area contributed by atoms with E-state index in [1.54, 1.807) is 19.4 Å². The summed E-state index contributed by atoms with van der Waals surface area (Å²) in [5.74, 6) is 0. The maximum Gasteiger partial charge on any atom is 0.327 e. The summed E-state index contributed by atoms with van der Waals surface area (Å²) in [6.45, 7) is 0.258. The van der Waals surface area contributed by atoms with Crippen LogP contribution in [0.15, 0.2) is 59.7 Å². The molecule has 0 saturated heterocycles. The van der Waals surface area contributed by atoms with Gasteiger partial charge in [0.25, 0.3) is 0 Å². The van der Waals surface area contributed by atoms with Crippen molar-refractivity contribution in [3.8, 4) is 0 Å². The normalized spacial score (nSPS) is 12.7. The molecule has 2 aromatic carbocycles. The van der Waals surface area contributed by atoms with Gasteiger partial charge in [-0.1, -0.05) is 42.5 Å². The molecule has 0 amide bonds. The van der Waals surface area contributed by atoms with E-state index in [0.717, 1.165) is 16.3 Å². The number of fused-ring (bicyclic) bond motifs is 1. The highest BCUT2D eigenvalue weighted by atomic mass is 16.3. The summed E-state index contributed by atoms with van der Waals surface area (Å²) < 4.78 is 3.02. The molecule has 0 fully saturated rings. The summed E-state index contributed by atoms with van der Waals surface area (Å²) in [5.41, 5.74) is 0.725. The van der Waals surface area contributed by atoms with E-state index < -0.39 is 6.10 Å². The lowest BCUT2D eigenvalue weighted by Crippen LogP contribution is -2.24. The van der Waals surface area contributed by atoms with Gasteiger partial charge in [-0.05, 0) is 16.3 Å². The number of imidazole rings is 1. The van der Waals surface area contributed by atoms with Crippen molar-refractivity contribution < 1.29 is 5.11 Å². The molecule has 0 aliphatic heterocycles. The van der Waals surface area contributed by atoms with E-state index >= 15 is 0 Å². The SMILES string of the molecule is Cn1ccn(CC(O)c2cccc3ccccc23)c1=O. The van der Waals surface area contributed by atoms with E-state index in [2.05, 4.69) is 0 Å². The first-order valence-electron chi connectivity index (χ1n) is 6.54. The highest BCUT2D eigenvalue weighted by Gasteiger charge is 2.13. The number of benzene rings is 2. The van der Waals surface area contributed by atoms with Crippen LogP contribution in [0.1, 0.15) is 11.7 Å². The van der Waals surface area contributed by atoms with Gasteiger partial charge in [0.1, 0.15) is 0 Å². The first-order valence-corrected chi connectivity index (χ1v) is 6.54. The molecule has 102 valence electrons. The molecule has 0 bridgehead atoms. The van der Waals surface area contributed by atoms with Gasteiger partial charge < -0.3 is 9.67 Å². The van der Waals surface area contributed by atoms with E-state index in [1.807, 2.05) is 42.5 Å². The van der Waals surface area contributed by atoms with Crippen molar-refractivity contribution in [1.82, 2.24) is 9.13 Å². The van der Waals surface area contributed by atoms with E-state index in [-0.39, 0.29) is 12.2 Å². The Bertz CT molecular complexity index is 796. The number of aliphatic hydroxyl groups is 1. The van der Waals surface area contributed by atoms with Crippen LogP contribution in [0.25, 0.3) is 10.8 Å². The minimum atomic E-state index is -0.707. The quantitative estimate of drug-likeness (QED) is 0.790. The van der Waals surface area contributed by atoms with Crippen LogP contribution in [0.3, 0.4) is 0 Å². The lowest BCUT2D eigenvalue weighted by molar-refractivity contribution is 0.156. The Morgan fingerprint density at radius 3 is 2.60 bits per heavy atom. The molecular formula is C16H16N2O2. The molecule has 1 atom stereocenters. The largest absolute Gasteiger partial charge is 0.387 e. The fraction of sp³-hybridized carbons (Fsp3) is 0.188. The van der Waals surface area contributed by atoms with Crippen LogP contribution in [-0.2, 0) is 13.6 Å². The lowest BCUT2D eigenvalue weighted by atomic mass is 10.0. The van der Waals surface area contributed by atoms with Crippen LogP contribution in [0.5, 0.6) is 0 Å². The number of hydrogen-bond donors (Lipinski definition) is 1. The van der Waals surface area contributed by atoms with Crippen molar-refractivity contribution in [2.24, 2.45) is 7.05 Å². The molecule has 1 aromatic heterocycles. The molecule has 0 aliphatic carbocycles. The molecule has 0 radical (unpaired) electrons. The van der Waals surface area contributed by atoms with Gasteiger partial charge >= 0.3 is 5.69 Å². The van der Waals surface area contributed by atoms with Crippen molar-refractivity contribution in [3.05, 3.63) is 70.9 Å². The summed E-state index contributed by atoms with van der Waals surface area (Å²) in [4.78, 5) is 11.8. The summed E-state index contributed by atoms with van der Waals surface area (Å²) in [7, 11) is 1.70. The van der Waals surface area contributed by atoms with E-state index in [0.29, 0.717) is 0 Å². The predicted molar refractivity (Wildman–Crippen MR) is 78.6 cm³/mol. The summed E-state index contributed by atoms with van der Waals surface area (Å²) in [6, 6.07) is 13.8. The van der Waals surface area contributed by atoms with Crippen LogP contribution in [-0.4, -0.2) is 14.2 Å². The summed E-state index contributed by atoms with van der Waals surface area (Å²) in [6.07, 6.45) is 2.68. The Morgan fingerprint density at radius 1 is 1.10 bits per heavy atom. The molecule has 0 saturated carbocycles. The smallest absolute Gasteiger partial charge is 0.327 e. The average molecular weight is 268 g/mol. The minimum absolute atomic E-state index is 0.121. The molecule has 4 heteroatoms. The third-order valence-corrected chi connectivity index (χ3v) is 3.57. The van der Waals surface area contributed by atoms with Gasteiger partial charge in [-0.2, -0.15) is 0 Å². The Morgan fingerprint density at radius 2 is 1.85 bits per heavy atom. The monoisotopic (exact) mass is 268 g/mol. The third-order valence-electron chi connectivity index (χ3n) is 3.57. The second kappa shape index (κ2) is 4.98. The van der Waals surface area contributed by atoms with Crippen molar-refractivity contribution in [2.45, 2.75) is 12.6 Å². The summed E-state index contributed by atoms with van der Waals surface area (Å²) >= 11 is 0. The van der Waals surface area contributed by atoms with Gasteiger partial charge in [-0.3, -0.25) is 4.57 Å². The first-order chi connectivity index (χ1) is 9.66. The van der Waals surface area contributed by atoms with Crippen LogP contribution in [0.4, 0.5) is 0 Å². The molecule has 3 aromatic rings. The number of nitrogens with zero attached hydrogens (tertiary/aromatic N) is 2. The van der Waals surface area contributed by atoms with Crippen LogP contribution in [0.2, 0.25) is 0 Å². The zero-order chi connectivity index (χ0) is 14.1. The van der Waals surface area contributed by atoms with Crippen LogP contribution >= 0.6 is 0 Å². The Kier molecular flexibility index (Phi) is 3.16. The molecule has 1 unspecified atom stereocenters. The molecular weight excluding hydrogens is 252 g/mol. The van der Waals surface area contributed by atoms with Crippen LogP contribution in [0, 0.1) is 0 Å². The van der Waals surface area contributed by atoms with Crippen molar-refractivity contribution in [1.29, 1.82) is 0 Å². The average Bonchev–Trinajstić information content (AvgIpc) is 2.78. The van der Waals surface area contributed by atoms with Gasteiger partial charge in [-0.15, -0.1) is 0 Å². The molecule has 1 heterocycles. The predicted octanol–water partition coefficient (Wildman–Crippen LogP) is 2.07. The zero-order valence-electron chi connectivity index (χ0n) is 11.2. The summed E-state index contributed by atoms with van der Waals surface area (Å²) in [5, 5.41) is 12.5. The van der Waals surface area contributed by atoms with E-state index in [4.69, 9.17) is 0 Å². The molecule has 0 spiro atoms. The molecule has 20 heavy (non-hydrogen) atoms.